The van der Waals surface area contributed by atoms with Crippen molar-refractivity contribution in [1.82, 2.24) is 9.13 Å². The molecule has 71 heavy (non-hydrogen) atoms. The van der Waals surface area contributed by atoms with E-state index in [9.17, 15) is 0 Å². The summed E-state index contributed by atoms with van der Waals surface area (Å²) in [5.74, 6) is 0. The van der Waals surface area contributed by atoms with Crippen molar-refractivity contribution in [1.29, 1.82) is 0 Å². The van der Waals surface area contributed by atoms with Gasteiger partial charge in [0.2, 0.25) is 0 Å². The Labute approximate surface area is 409 Å². The molecule has 0 saturated heterocycles. The number of nitrogens with zero attached hydrogens (tertiary/aromatic N) is 2. The first-order chi connectivity index (χ1) is 35.2. The largest absolute Gasteiger partial charge is 0.456 e. The predicted octanol–water partition coefficient (Wildman–Crippen LogP) is 18.8. The molecule has 0 unspecified atom stereocenters. The lowest BCUT2D eigenvalue weighted by atomic mass is 9.91. The second-order valence-corrected chi connectivity index (χ2v) is 18.8. The molecule has 3 heterocycles. The number of hydrogen-bond donors (Lipinski definition) is 0. The average molecular weight is 903 g/mol. The van der Waals surface area contributed by atoms with Gasteiger partial charge in [0.15, 0.2) is 0 Å². The Hall–Kier alpha value is -9.44. The summed E-state index contributed by atoms with van der Waals surface area (Å²) in [5, 5.41) is 12.0. The predicted molar refractivity (Wildman–Crippen MR) is 299 cm³/mol. The molecule has 0 spiro atoms. The summed E-state index contributed by atoms with van der Waals surface area (Å²) in [5.41, 5.74) is 18.3. The number of hydrogen-bond acceptors (Lipinski definition) is 1. The van der Waals surface area contributed by atoms with Gasteiger partial charge in [-0.3, -0.25) is 0 Å². The van der Waals surface area contributed by atoms with Crippen molar-refractivity contribution in [3.05, 3.63) is 255 Å². The maximum Gasteiger partial charge on any atom is 0.135 e. The van der Waals surface area contributed by atoms with E-state index in [1.54, 1.807) is 0 Å². The van der Waals surface area contributed by atoms with Gasteiger partial charge in [-0.2, -0.15) is 0 Å². The Morgan fingerprint density at radius 1 is 0.225 bits per heavy atom. The molecular weight excluding hydrogens is 861 g/mol. The first-order valence-corrected chi connectivity index (χ1v) is 24.4. The number of para-hydroxylation sites is 2. The van der Waals surface area contributed by atoms with E-state index in [-0.39, 0.29) is 0 Å². The van der Waals surface area contributed by atoms with Gasteiger partial charge < -0.3 is 13.6 Å². The zero-order valence-electron chi connectivity index (χ0n) is 38.6. The molecule has 0 amide bonds. The highest BCUT2D eigenvalue weighted by molar-refractivity contribution is 6.14. The molecule has 0 fully saturated rings. The molecule has 0 atom stereocenters. The Bertz CT molecular complexity index is 4350. The molecule has 15 rings (SSSR count). The normalized spacial score (nSPS) is 11.9. The molecule has 12 aromatic carbocycles. The van der Waals surface area contributed by atoms with Crippen LogP contribution in [0.2, 0.25) is 0 Å². The highest BCUT2D eigenvalue weighted by Crippen LogP contribution is 2.43. The van der Waals surface area contributed by atoms with Gasteiger partial charge in [0, 0.05) is 43.7 Å². The summed E-state index contributed by atoms with van der Waals surface area (Å²) in [7, 11) is 0. The lowest BCUT2D eigenvalue weighted by Crippen LogP contribution is -1.94. The number of fused-ring (bicyclic) bond motifs is 11. The van der Waals surface area contributed by atoms with Crippen LogP contribution in [0.15, 0.2) is 259 Å². The Kier molecular flexibility index (Phi) is 8.66. The van der Waals surface area contributed by atoms with Crippen LogP contribution in [0.25, 0.3) is 143 Å². The van der Waals surface area contributed by atoms with Crippen LogP contribution in [-0.4, -0.2) is 9.13 Å². The van der Waals surface area contributed by atoms with Crippen LogP contribution in [0.1, 0.15) is 0 Å². The highest BCUT2D eigenvalue weighted by atomic mass is 16.3. The fourth-order valence-corrected chi connectivity index (χ4v) is 11.7. The summed E-state index contributed by atoms with van der Waals surface area (Å²) in [4.78, 5) is 0. The lowest BCUT2D eigenvalue weighted by molar-refractivity contribution is 0.669. The van der Waals surface area contributed by atoms with Crippen molar-refractivity contribution < 1.29 is 4.42 Å². The van der Waals surface area contributed by atoms with Crippen LogP contribution in [-0.2, 0) is 0 Å². The minimum absolute atomic E-state index is 0.866. The van der Waals surface area contributed by atoms with E-state index in [4.69, 9.17) is 4.42 Å². The van der Waals surface area contributed by atoms with Gasteiger partial charge in [-0.05, 0) is 139 Å². The van der Waals surface area contributed by atoms with Crippen LogP contribution in [0.4, 0.5) is 0 Å². The van der Waals surface area contributed by atoms with E-state index in [0.29, 0.717) is 0 Å². The molecule has 0 N–H and O–H groups in total. The van der Waals surface area contributed by atoms with Gasteiger partial charge in [-0.15, -0.1) is 0 Å². The van der Waals surface area contributed by atoms with Gasteiger partial charge in [0.25, 0.3) is 0 Å². The van der Waals surface area contributed by atoms with E-state index in [0.717, 1.165) is 44.3 Å². The first-order valence-electron chi connectivity index (χ1n) is 24.4. The second kappa shape index (κ2) is 15.5. The first kappa shape index (κ1) is 39.5. The molecule has 3 heteroatoms. The average Bonchev–Trinajstić information content (AvgIpc) is 4.09. The fourth-order valence-electron chi connectivity index (χ4n) is 11.7. The highest BCUT2D eigenvalue weighted by Gasteiger charge is 2.20. The maximum atomic E-state index is 6.61. The Balaban J connectivity index is 0.858. The zero-order chi connectivity index (χ0) is 46.6. The van der Waals surface area contributed by atoms with Gasteiger partial charge in [0.05, 0.1) is 22.1 Å². The molecule has 0 aliphatic carbocycles. The summed E-state index contributed by atoms with van der Waals surface area (Å²) in [6, 6.07) is 93.0. The molecule has 3 nitrogen and oxygen atoms in total. The minimum Gasteiger partial charge on any atom is -0.456 e. The van der Waals surface area contributed by atoms with Gasteiger partial charge in [0.1, 0.15) is 11.2 Å². The minimum atomic E-state index is 0.866. The number of furan rings is 1. The van der Waals surface area contributed by atoms with E-state index in [2.05, 4.69) is 264 Å². The molecule has 3 aromatic heterocycles. The van der Waals surface area contributed by atoms with Crippen molar-refractivity contribution in [3.8, 4) is 55.9 Å². The quantitative estimate of drug-likeness (QED) is 0.163. The van der Waals surface area contributed by atoms with Gasteiger partial charge >= 0.3 is 0 Å². The Morgan fingerprint density at radius 2 is 0.592 bits per heavy atom. The smallest absolute Gasteiger partial charge is 0.135 e. The molecule has 0 saturated carbocycles. The second-order valence-electron chi connectivity index (χ2n) is 18.8. The van der Waals surface area contributed by atoms with E-state index in [1.807, 2.05) is 0 Å². The molecule has 0 aliphatic rings. The summed E-state index contributed by atoms with van der Waals surface area (Å²) in [6.07, 6.45) is 0. The van der Waals surface area contributed by atoms with E-state index >= 15 is 0 Å². The van der Waals surface area contributed by atoms with Gasteiger partial charge in [-0.25, -0.2) is 0 Å². The summed E-state index contributed by atoms with van der Waals surface area (Å²) in [6.45, 7) is 0. The van der Waals surface area contributed by atoms with Gasteiger partial charge in [-0.1, -0.05) is 182 Å². The third kappa shape index (κ3) is 6.10. The SMILES string of the molecule is c1ccc(-c2cccc3ccccc23)c(-c2ccc3c(c2)c2ccccc2n3-c2ccc3oc4ccc(-n5c6ccccc6c6cc(-c7ccccc7-c7cccc8ccccc78)ccc65)cc4c3c2)c1. The fraction of sp³-hybridized carbons (Fsp3) is 0. The Morgan fingerprint density at radius 3 is 1.07 bits per heavy atom. The zero-order valence-corrected chi connectivity index (χ0v) is 38.6. The van der Waals surface area contributed by atoms with Crippen LogP contribution >= 0.6 is 0 Å². The number of rotatable bonds is 6. The standard InChI is InChI=1S/C68H42N2O/c1-3-19-49-43(15-1)17-13-27-55(49)53-23-7-5-21-51(53)45-31-35-65-59(39-45)57-25-9-11-29-63(57)69(65)47-33-37-67-61(41-47)62-42-48(34-38-68(62)71-67)70-64-30-12-10-26-58(64)60-40-46(32-36-66(60)70)52-22-6-8-24-54(52)56-28-14-18-44-16-2-4-20-50(44)56/h1-42H. The van der Waals surface area contributed by atoms with Crippen LogP contribution < -0.4 is 0 Å². The lowest BCUT2D eigenvalue weighted by Gasteiger charge is -2.13. The van der Waals surface area contributed by atoms with Crippen molar-refractivity contribution in [2.75, 3.05) is 0 Å². The molecule has 0 bridgehead atoms. The molecule has 0 radical (unpaired) electrons. The molecule has 15 aromatic rings. The van der Waals surface area contributed by atoms with Crippen molar-refractivity contribution in [2.24, 2.45) is 0 Å². The van der Waals surface area contributed by atoms with E-state index < -0.39 is 0 Å². The topological polar surface area (TPSA) is 23.0 Å². The van der Waals surface area contributed by atoms with Crippen molar-refractivity contribution in [3.63, 3.8) is 0 Å². The number of aromatic nitrogens is 2. The van der Waals surface area contributed by atoms with Crippen LogP contribution in [0.3, 0.4) is 0 Å². The van der Waals surface area contributed by atoms with E-state index in [1.165, 1.54) is 98.6 Å². The summed E-state index contributed by atoms with van der Waals surface area (Å²) < 4.78 is 11.4. The van der Waals surface area contributed by atoms with Crippen molar-refractivity contribution >= 4 is 87.1 Å². The molecule has 0 aliphatic heterocycles. The van der Waals surface area contributed by atoms with Crippen LogP contribution in [0, 0.1) is 0 Å². The number of benzene rings is 12. The molecule has 330 valence electrons. The van der Waals surface area contributed by atoms with Crippen LogP contribution in [0.5, 0.6) is 0 Å². The third-order valence-corrected chi connectivity index (χ3v) is 14.9. The monoisotopic (exact) mass is 902 g/mol. The van der Waals surface area contributed by atoms with Crippen molar-refractivity contribution in [2.45, 2.75) is 0 Å². The maximum absolute atomic E-state index is 6.61. The third-order valence-electron chi connectivity index (χ3n) is 14.9. The molecular formula is C68H42N2O. The summed E-state index contributed by atoms with van der Waals surface area (Å²) >= 11 is 0.